The third-order valence-corrected chi connectivity index (χ3v) is 1.31. The van der Waals surface area contributed by atoms with E-state index in [1.165, 1.54) is 12.1 Å². The highest BCUT2D eigenvalue weighted by Gasteiger charge is 2.00. The molecule has 5 heteroatoms. The third-order valence-electron chi connectivity index (χ3n) is 1.07. The van der Waals surface area contributed by atoms with E-state index in [4.69, 9.17) is 16.7 Å². The number of halogens is 3. The average Bonchev–Trinajstić information content (AvgIpc) is 1.88. The zero-order valence-electron chi connectivity index (χ0n) is 5.86. The summed E-state index contributed by atoms with van der Waals surface area (Å²) in [4.78, 5) is 10.3. The average molecular weight is 229 g/mol. The molecule has 0 radical (unpaired) electrons. The molecule has 0 bridgehead atoms. The van der Waals surface area contributed by atoms with Crippen molar-refractivity contribution in [2.45, 2.75) is 0 Å². The molecule has 1 aromatic carbocycles. The Labute approximate surface area is 87.4 Å². The number of benzene rings is 1. The molecule has 1 N–H and O–H groups in total. The van der Waals surface area contributed by atoms with Gasteiger partial charge in [0.2, 0.25) is 0 Å². The van der Waals surface area contributed by atoms with Crippen molar-refractivity contribution < 1.29 is 9.90 Å². The zero-order chi connectivity index (χ0) is 7.56. The predicted octanol–water partition coefficient (Wildman–Crippen LogP) is 2.88. The first-order valence-corrected chi connectivity index (χ1v) is 3.07. The lowest BCUT2D eigenvalue weighted by Gasteiger charge is -1.92. The quantitative estimate of drug-likeness (QED) is 0.804. The van der Waals surface area contributed by atoms with Gasteiger partial charge >= 0.3 is 5.97 Å². The van der Waals surface area contributed by atoms with E-state index in [2.05, 4.69) is 0 Å². The summed E-state index contributed by atoms with van der Waals surface area (Å²) in [6.45, 7) is 0. The molecule has 12 heavy (non-hydrogen) atoms. The second kappa shape index (κ2) is 6.12. The van der Waals surface area contributed by atoms with Crippen molar-refractivity contribution in [1.82, 2.24) is 0 Å². The summed E-state index contributed by atoms with van der Waals surface area (Å²) < 4.78 is 0. The fourth-order valence-electron chi connectivity index (χ4n) is 0.622. The van der Waals surface area contributed by atoms with Gasteiger partial charge in [-0.25, -0.2) is 4.79 Å². The molecule has 0 aliphatic rings. The molecular formula is C7H7Cl3O2. The first-order chi connectivity index (χ1) is 4.70. The molecule has 0 saturated carbocycles. The van der Waals surface area contributed by atoms with Gasteiger partial charge in [0.25, 0.3) is 0 Å². The summed E-state index contributed by atoms with van der Waals surface area (Å²) in [5.41, 5.74) is 0.215. The van der Waals surface area contributed by atoms with Crippen LogP contribution in [0.4, 0.5) is 0 Å². The Morgan fingerprint density at radius 3 is 2.25 bits per heavy atom. The highest BCUT2D eigenvalue weighted by molar-refractivity contribution is 6.30. The van der Waals surface area contributed by atoms with Gasteiger partial charge in [-0.05, 0) is 18.2 Å². The van der Waals surface area contributed by atoms with Crippen molar-refractivity contribution in [3.8, 4) is 0 Å². The minimum Gasteiger partial charge on any atom is -0.478 e. The smallest absolute Gasteiger partial charge is 0.335 e. The van der Waals surface area contributed by atoms with Gasteiger partial charge in [0, 0.05) is 5.02 Å². The van der Waals surface area contributed by atoms with E-state index in [0.717, 1.165) is 0 Å². The third kappa shape index (κ3) is 3.81. The molecule has 1 rings (SSSR count). The standard InChI is InChI=1S/C7H5ClO2.2ClH/c8-6-3-1-2-5(4-6)7(9)10;;/h1-4H,(H,9,10);2*1H. The predicted molar refractivity (Wildman–Crippen MR) is 52.9 cm³/mol. The Hall–Kier alpha value is -0.440. The van der Waals surface area contributed by atoms with Crippen LogP contribution in [-0.2, 0) is 0 Å². The highest BCUT2D eigenvalue weighted by Crippen LogP contribution is 2.09. The molecule has 0 saturated heterocycles. The molecule has 0 fully saturated rings. The Bertz CT molecular complexity index is 263. The van der Waals surface area contributed by atoms with Crippen LogP contribution in [0.1, 0.15) is 10.4 Å². The van der Waals surface area contributed by atoms with E-state index in [-0.39, 0.29) is 30.4 Å². The SMILES string of the molecule is Cl.Cl.O=C(O)c1cccc(Cl)c1. The Balaban J connectivity index is 0. The molecule has 68 valence electrons. The number of rotatable bonds is 1. The topological polar surface area (TPSA) is 37.3 Å². The summed E-state index contributed by atoms with van der Waals surface area (Å²) in [6, 6.07) is 6.14. The summed E-state index contributed by atoms with van der Waals surface area (Å²) in [6.07, 6.45) is 0. The fraction of sp³-hybridized carbons (Fsp3) is 0. The van der Waals surface area contributed by atoms with E-state index in [0.29, 0.717) is 5.02 Å². The van der Waals surface area contributed by atoms with Crippen LogP contribution < -0.4 is 0 Å². The second-order valence-electron chi connectivity index (χ2n) is 1.82. The highest BCUT2D eigenvalue weighted by atomic mass is 35.5. The van der Waals surface area contributed by atoms with E-state index in [9.17, 15) is 4.79 Å². The molecule has 0 aliphatic carbocycles. The molecule has 1 aromatic rings. The lowest BCUT2D eigenvalue weighted by atomic mass is 10.2. The molecule has 0 heterocycles. The van der Waals surface area contributed by atoms with Gasteiger partial charge in [0.15, 0.2) is 0 Å². The van der Waals surface area contributed by atoms with Crippen molar-refractivity contribution in [3.63, 3.8) is 0 Å². The van der Waals surface area contributed by atoms with Crippen LogP contribution in [0.15, 0.2) is 24.3 Å². The van der Waals surface area contributed by atoms with Gasteiger partial charge < -0.3 is 5.11 Å². The minimum absolute atomic E-state index is 0. The van der Waals surface area contributed by atoms with Crippen LogP contribution in [0.25, 0.3) is 0 Å². The van der Waals surface area contributed by atoms with Crippen LogP contribution in [0.5, 0.6) is 0 Å². The van der Waals surface area contributed by atoms with Crippen LogP contribution >= 0.6 is 36.4 Å². The van der Waals surface area contributed by atoms with Crippen molar-refractivity contribution in [1.29, 1.82) is 0 Å². The van der Waals surface area contributed by atoms with Crippen LogP contribution in [0, 0.1) is 0 Å². The van der Waals surface area contributed by atoms with Gasteiger partial charge in [0.05, 0.1) is 5.56 Å². The first-order valence-electron chi connectivity index (χ1n) is 2.69. The zero-order valence-corrected chi connectivity index (χ0v) is 8.25. The van der Waals surface area contributed by atoms with E-state index in [1.54, 1.807) is 12.1 Å². The number of carbonyl (C=O) groups is 1. The van der Waals surface area contributed by atoms with Gasteiger partial charge in [-0.3, -0.25) is 0 Å². The molecule has 0 amide bonds. The Morgan fingerprint density at radius 1 is 1.33 bits per heavy atom. The molecule has 0 aromatic heterocycles. The maximum absolute atomic E-state index is 10.3. The number of hydrogen-bond acceptors (Lipinski definition) is 1. The number of carboxylic acid groups (broad SMARTS) is 1. The Morgan fingerprint density at radius 2 is 1.92 bits per heavy atom. The Kier molecular flexibility index (Phi) is 7.19. The fourth-order valence-corrected chi connectivity index (χ4v) is 0.812. The lowest BCUT2D eigenvalue weighted by Crippen LogP contribution is -1.94. The minimum atomic E-state index is -0.956. The van der Waals surface area contributed by atoms with Crippen LogP contribution in [-0.4, -0.2) is 11.1 Å². The van der Waals surface area contributed by atoms with Gasteiger partial charge in [-0.2, -0.15) is 0 Å². The van der Waals surface area contributed by atoms with E-state index < -0.39 is 5.97 Å². The monoisotopic (exact) mass is 228 g/mol. The van der Waals surface area contributed by atoms with Crippen molar-refractivity contribution in [3.05, 3.63) is 34.9 Å². The summed E-state index contributed by atoms with van der Waals surface area (Å²) >= 11 is 5.53. The van der Waals surface area contributed by atoms with E-state index in [1.807, 2.05) is 0 Å². The number of hydrogen-bond donors (Lipinski definition) is 1. The number of carboxylic acids is 1. The molecule has 0 spiro atoms. The van der Waals surface area contributed by atoms with Crippen molar-refractivity contribution in [2.75, 3.05) is 0 Å². The lowest BCUT2D eigenvalue weighted by molar-refractivity contribution is 0.0697. The van der Waals surface area contributed by atoms with E-state index >= 15 is 0 Å². The summed E-state index contributed by atoms with van der Waals surface area (Å²) in [7, 11) is 0. The maximum atomic E-state index is 10.3. The van der Waals surface area contributed by atoms with Crippen molar-refractivity contribution >= 4 is 42.4 Å². The van der Waals surface area contributed by atoms with Gasteiger partial charge in [-0.15, -0.1) is 24.8 Å². The van der Waals surface area contributed by atoms with Crippen molar-refractivity contribution in [2.24, 2.45) is 0 Å². The molecular weight excluding hydrogens is 222 g/mol. The maximum Gasteiger partial charge on any atom is 0.335 e. The van der Waals surface area contributed by atoms with Crippen LogP contribution in [0.2, 0.25) is 5.02 Å². The number of aromatic carboxylic acids is 1. The largest absolute Gasteiger partial charge is 0.478 e. The molecule has 2 nitrogen and oxygen atoms in total. The van der Waals surface area contributed by atoms with Crippen LogP contribution in [0.3, 0.4) is 0 Å². The first kappa shape index (κ1) is 14.1. The van der Waals surface area contributed by atoms with Gasteiger partial charge in [-0.1, -0.05) is 17.7 Å². The molecule has 0 atom stereocenters. The molecule has 0 aliphatic heterocycles. The van der Waals surface area contributed by atoms with Gasteiger partial charge in [0.1, 0.15) is 0 Å². The molecule has 0 unspecified atom stereocenters. The second-order valence-corrected chi connectivity index (χ2v) is 2.25. The summed E-state index contributed by atoms with van der Waals surface area (Å²) in [5.74, 6) is -0.956. The normalized spacial score (nSPS) is 7.75. The summed E-state index contributed by atoms with van der Waals surface area (Å²) in [5, 5.41) is 8.89.